The molecule has 2 aliphatic rings. The molecular weight excluding hydrogens is 276 g/mol. The molecule has 0 aliphatic carbocycles. The monoisotopic (exact) mass is 292 g/mol. The average Bonchev–Trinajstić information content (AvgIpc) is 2.80. The summed E-state index contributed by atoms with van der Waals surface area (Å²) in [4.78, 5) is 27.0. The predicted octanol–water partition coefficient (Wildman–Crippen LogP) is 2.69. The number of hydrogen-bond acceptors (Lipinski definition) is 3. The number of imide groups is 1. The number of carbonyl (C=O) groups is 2. The van der Waals surface area contributed by atoms with Crippen LogP contribution in [0.2, 0.25) is 0 Å². The lowest BCUT2D eigenvalue weighted by Crippen LogP contribution is -2.32. The Morgan fingerprint density at radius 1 is 1.00 bits per heavy atom. The first-order valence-corrected chi connectivity index (χ1v) is 7.44. The largest absolute Gasteiger partial charge is 0.384 e. The van der Waals surface area contributed by atoms with Crippen LogP contribution in [0.4, 0.5) is 11.4 Å². The Bertz CT molecular complexity index is 770. The van der Waals surface area contributed by atoms with Gasteiger partial charge in [-0.3, -0.25) is 9.59 Å². The third-order valence-electron chi connectivity index (χ3n) is 4.58. The minimum Gasteiger partial charge on any atom is -0.384 e. The molecule has 4 heteroatoms. The first-order chi connectivity index (χ1) is 10.7. The summed E-state index contributed by atoms with van der Waals surface area (Å²) < 4.78 is 0. The summed E-state index contributed by atoms with van der Waals surface area (Å²) >= 11 is 0. The molecule has 2 aromatic rings. The van der Waals surface area contributed by atoms with Crippen LogP contribution in [0.5, 0.6) is 0 Å². The van der Waals surface area contributed by atoms with Crippen LogP contribution in [0.3, 0.4) is 0 Å². The molecule has 2 heterocycles. The van der Waals surface area contributed by atoms with Gasteiger partial charge in [-0.05, 0) is 30.2 Å². The lowest BCUT2D eigenvalue weighted by Gasteiger charge is -2.27. The number of anilines is 2. The summed E-state index contributed by atoms with van der Waals surface area (Å²) in [5, 5.41) is 3.33. The van der Waals surface area contributed by atoms with Crippen molar-refractivity contribution < 1.29 is 9.59 Å². The molecule has 4 rings (SSSR count). The highest BCUT2D eigenvalue weighted by Gasteiger charge is 2.51. The van der Waals surface area contributed by atoms with Gasteiger partial charge in [-0.25, -0.2) is 4.90 Å². The van der Waals surface area contributed by atoms with Gasteiger partial charge in [0.2, 0.25) is 11.8 Å². The van der Waals surface area contributed by atoms with Crippen molar-refractivity contribution in [3.8, 4) is 0 Å². The van der Waals surface area contributed by atoms with E-state index in [1.165, 1.54) is 4.90 Å². The van der Waals surface area contributed by atoms with E-state index in [2.05, 4.69) is 5.32 Å². The average molecular weight is 292 g/mol. The zero-order chi connectivity index (χ0) is 15.3. The molecule has 2 aliphatic heterocycles. The molecule has 22 heavy (non-hydrogen) atoms. The summed E-state index contributed by atoms with van der Waals surface area (Å²) in [5.74, 6) is -0.915. The Labute approximate surface area is 128 Å². The van der Waals surface area contributed by atoms with Gasteiger partial charge in [0, 0.05) is 12.2 Å². The molecule has 2 aromatic carbocycles. The minimum atomic E-state index is -0.371. The van der Waals surface area contributed by atoms with E-state index in [0.29, 0.717) is 12.2 Å². The Hall–Kier alpha value is -2.62. The van der Waals surface area contributed by atoms with Gasteiger partial charge in [-0.15, -0.1) is 0 Å². The number of nitrogens with zero attached hydrogens (tertiary/aromatic N) is 1. The number of aryl methyl sites for hydroxylation is 1. The maximum Gasteiger partial charge on any atom is 0.242 e. The number of rotatable bonds is 1. The zero-order valence-corrected chi connectivity index (χ0v) is 12.2. The highest BCUT2D eigenvalue weighted by molar-refractivity contribution is 6.24. The van der Waals surface area contributed by atoms with Gasteiger partial charge >= 0.3 is 0 Å². The van der Waals surface area contributed by atoms with E-state index >= 15 is 0 Å². The van der Waals surface area contributed by atoms with Crippen molar-refractivity contribution in [2.45, 2.75) is 12.8 Å². The molecule has 4 nitrogen and oxygen atoms in total. The summed E-state index contributed by atoms with van der Waals surface area (Å²) in [6.07, 6.45) is 0. The van der Waals surface area contributed by atoms with Crippen LogP contribution in [0.1, 0.15) is 17.0 Å². The van der Waals surface area contributed by atoms with Crippen molar-refractivity contribution in [2.75, 3.05) is 16.8 Å². The molecule has 2 atom stereocenters. The van der Waals surface area contributed by atoms with Crippen molar-refractivity contribution in [3.63, 3.8) is 0 Å². The fourth-order valence-corrected chi connectivity index (χ4v) is 3.52. The lowest BCUT2D eigenvalue weighted by atomic mass is 9.83. The van der Waals surface area contributed by atoms with Crippen LogP contribution < -0.4 is 10.2 Å². The number of para-hydroxylation sites is 2. The second-order valence-electron chi connectivity index (χ2n) is 5.85. The van der Waals surface area contributed by atoms with Gasteiger partial charge in [-0.1, -0.05) is 36.4 Å². The van der Waals surface area contributed by atoms with Crippen LogP contribution in [0.15, 0.2) is 48.5 Å². The molecule has 0 unspecified atom stereocenters. The number of fused-ring (bicyclic) bond motifs is 3. The van der Waals surface area contributed by atoms with Gasteiger partial charge in [-0.2, -0.15) is 0 Å². The summed E-state index contributed by atoms with van der Waals surface area (Å²) in [5.41, 5.74) is 3.70. The standard InChI is InChI=1S/C18H16N2O2/c1-11-6-5-9-13-15-14(10-19-16(11)13)17(21)20(18(15)22)12-7-3-2-4-8-12/h2-9,14-15,19H,10H2,1H3/t14-,15+/m0/s1. The van der Waals surface area contributed by atoms with Crippen LogP contribution in [0.25, 0.3) is 0 Å². The highest BCUT2D eigenvalue weighted by atomic mass is 16.2. The molecular formula is C18H16N2O2. The fourth-order valence-electron chi connectivity index (χ4n) is 3.52. The third-order valence-corrected chi connectivity index (χ3v) is 4.58. The second kappa shape index (κ2) is 4.70. The molecule has 2 amide bonds. The van der Waals surface area contributed by atoms with Gasteiger partial charge in [0.1, 0.15) is 0 Å². The van der Waals surface area contributed by atoms with Gasteiger partial charge in [0.25, 0.3) is 0 Å². The predicted molar refractivity (Wildman–Crippen MR) is 84.8 cm³/mol. The molecule has 0 radical (unpaired) electrons. The quantitative estimate of drug-likeness (QED) is 0.822. The van der Waals surface area contributed by atoms with Crippen LogP contribution in [-0.2, 0) is 9.59 Å². The van der Waals surface area contributed by atoms with Crippen molar-refractivity contribution in [3.05, 3.63) is 59.7 Å². The first kappa shape index (κ1) is 13.1. The van der Waals surface area contributed by atoms with E-state index in [-0.39, 0.29) is 23.7 Å². The number of carbonyl (C=O) groups excluding carboxylic acids is 2. The maximum atomic E-state index is 12.9. The highest BCUT2D eigenvalue weighted by Crippen LogP contribution is 2.44. The van der Waals surface area contributed by atoms with Gasteiger partial charge in [0.05, 0.1) is 17.5 Å². The van der Waals surface area contributed by atoms with Crippen LogP contribution in [0, 0.1) is 12.8 Å². The first-order valence-electron chi connectivity index (χ1n) is 7.44. The van der Waals surface area contributed by atoms with E-state index in [0.717, 1.165) is 16.8 Å². The molecule has 0 spiro atoms. The van der Waals surface area contributed by atoms with Gasteiger partial charge in [0.15, 0.2) is 0 Å². The molecule has 1 saturated heterocycles. The van der Waals surface area contributed by atoms with E-state index in [9.17, 15) is 9.59 Å². The zero-order valence-electron chi connectivity index (χ0n) is 12.2. The maximum absolute atomic E-state index is 12.9. The molecule has 0 aromatic heterocycles. The molecule has 0 saturated carbocycles. The lowest BCUT2D eigenvalue weighted by molar-refractivity contribution is -0.122. The summed E-state index contributed by atoms with van der Waals surface area (Å²) in [6.45, 7) is 2.53. The smallest absolute Gasteiger partial charge is 0.242 e. The molecule has 0 bridgehead atoms. The molecule has 1 fully saturated rings. The SMILES string of the molecule is Cc1cccc2c1NC[C@@H]1C(=O)N(c3ccccc3)C(=O)[C@H]21. The Kier molecular flexibility index (Phi) is 2.79. The van der Waals surface area contributed by atoms with Crippen molar-refractivity contribution in [1.82, 2.24) is 0 Å². The van der Waals surface area contributed by atoms with E-state index in [4.69, 9.17) is 0 Å². The Morgan fingerprint density at radius 3 is 2.55 bits per heavy atom. The summed E-state index contributed by atoms with van der Waals surface area (Å²) in [6, 6.07) is 15.1. The molecule has 1 N–H and O–H groups in total. The number of benzene rings is 2. The van der Waals surface area contributed by atoms with Gasteiger partial charge < -0.3 is 5.32 Å². The fraction of sp³-hybridized carbons (Fsp3) is 0.222. The van der Waals surface area contributed by atoms with Crippen molar-refractivity contribution >= 4 is 23.2 Å². The number of amides is 2. The van der Waals surface area contributed by atoms with Crippen LogP contribution in [-0.4, -0.2) is 18.4 Å². The van der Waals surface area contributed by atoms with E-state index in [1.807, 2.05) is 43.3 Å². The third kappa shape index (κ3) is 1.70. The Balaban J connectivity index is 1.82. The summed E-state index contributed by atoms with van der Waals surface area (Å²) in [7, 11) is 0. The minimum absolute atomic E-state index is 0.110. The van der Waals surface area contributed by atoms with Crippen LogP contribution >= 0.6 is 0 Å². The normalized spacial score (nSPS) is 23.0. The molecule has 110 valence electrons. The number of nitrogens with one attached hydrogen (secondary N) is 1. The topological polar surface area (TPSA) is 49.4 Å². The second-order valence-corrected chi connectivity index (χ2v) is 5.85. The van der Waals surface area contributed by atoms with Crippen molar-refractivity contribution in [1.29, 1.82) is 0 Å². The van der Waals surface area contributed by atoms with Crippen molar-refractivity contribution in [2.24, 2.45) is 5.92 Å². The Morgan fingerprint density at radius 2 is 1.77 bits per heavy atom. The van der Waals surface area contributed by atoms with E-state index in [1.54, 1.807) is 12.1 Å². The number of hydrogen-bond donors (Lipinski definition) is 1. The van der Waals surface area contributed by atoms with E-state index < -0.39 is 0 Å².